The van der Waals surface area contributed by atoms with Crippen LogP contribution in [-0.4, -0.2) is 19.1 Å². The third kappa shape index (κ3) is 7.55. The Kier molecular flexibility index (Phi) is 9.35. The number of unbranched alkanes of at least 4 members (excludes halogenated alkanes) is 3. The predicted octanol–water partition coefficient (Wildman–Crippen LogP) is 6.70. The lowest BCUT2D eigenvalue weighted by Crippen LogP contribution is -2.12. The Labute approximate surface area is 176 Å². The fourth-order valence-corrected chi connectivity index (χ4v) is 3.07. The summed E-state index contributed by atoms with van der Waals surface area (Å²) in [4.78, 5) is 12.5. The van der Waals surface area contributed by atoms with Crippen molar-refractivity contribution in [2.45, 2.75) is 46.5 Å². The molecule has 0 aliphatic heterocycles. The van der Waals surface area contributed by atoms with E-state index in [0.29, 0.717) is 18.1 Å². The molecule has 0 fully saturated rings. The van der Waals surface area contributed by atoms with Crippen LogP contribution in [0.1, 0.15) is 56.8 Å². The molecule has 0 unspecified atom stereocenters. The van der Waals surface area contributed by atoms with Crippen molar-refractivity contribution >= 4 is 27.5 Å². The number of ether oxygens (including phenoxy) is 2. The molecule has 5 heteroatoms. The molecule has 0 aliphatic rings. The minimum absolute atomic E-state index is 0.163. The second-order valence-electron chi connectivity index (χ2n) is 7.24. The second-order valence-corrected chi connectivity index (χ2v) is 8.09. The van der Waals surface area contributed by atoms with Gasteiger partial charge in [-0.05, 0) is 70.7 Å². The highest BCUT2D eigenvalue weighted by molar-refractivity contribution is 9.10. The van der Waals surface area contributed by atoms with Crippen LogP contribution in [0.3, 0.4) is 0 Å². The molecule has 0 saturated carbocycles. The molecule has 1 N–H and O–H groups in total. The minimum Gasteiger partial charge on any atom is -0.494 e. The van der Waals surface area contributed by atoms with E-state index < -0.39 is 0 Å². The number of carbonyl (C=O) groups excluding carboxylic acids is 1. The van der Waals surface area contributed by atoms with Gasteiger partial charge in [0.2, 0.25) is 0 Å². The first-order valence-electron chi connectivity index (χ1n) is 9.96. The monoisotopic (exact) mass is 447 g/mol. The van der Waals surface area contributed by atoms with Gasteiger partial charge in [-0.25, -0.2) is 0 Å². The standard InChI is InChI=1S/C23H30BrNO3/c1-4-5-6-7-14-27-20-11-9-19(10-12-20)25-23(26)18-8-13-22(21(24)15-18)28-16-17(2)3/h8-13,15,17H,4-7,14,16H2,1-3H3,(H,25,26). The van der Waals surface area contributed by atoms with Crippen molar-refractivity contribution in [3.63, 3.8) is 0 Å². The van der Waals surface area contributed by atoms with Crippen LogP contribution >= 0.6 is 15.9 Å². The van der Waals surface area contributed by atoms with Gasteiger partial charge >= 0.3 is 0 Å². The lowest BCUT2D eigenvalue weighted by molar-refractivity contribution is 0.102. The molecule has 0 spiro atoms. The molecule has 0 aliphatic carbocycles. The molecule has 2 aromatic rings. The summed E-state index contributed by atoms with van der Waals surface area (Å²) >= 11 is 3.48. The van der Waals surface area contributed by atoms with E-state index in [4.69, 9.17) is 9.47 Å². The highest BCUT2D eigenvalue weighted by atomic mass is 79.9. The first-order chi connectivity index (χ1) is 13.5. The van der Waals surface area contributed by atoms with Crippen LogP contribution < -0.4 is 14.8 Å². The zero-order valence-electron chi connectivity index (χ0n) is 17.0. The van der Waals surface area contributed by atoms with Gasteiger partial charge in [0.15, 0.2) is 0 Å². The molecule has 0 heterocycles. The minimum atomic E-state index is -0.163. The molecule has 4 nitrogen and oxygen atoms in total. The van der Waals surface area contributed by atoms with Crippen molar-refractivity contribution in [3.8, 4) is 11.5 Å². The van der Waals surface area contributed by atoms with E-state index in [1.807, 2.05) is 30.3 Å². The lowest BCUT2D eigenvalue weighted by atomic mass is 10.2. The molecule has 0 radical (unpaired) electrons. The van der Waals surface area contributed by atoms with Crippen LogP contribution in [0.4, 0.5) is 5.69 Å². The summed E-state index contributed by atoms with van der Waals surface area (Å²) < 4.78 is 12.2. The van der Waals surface area contributed by atoms with Gasteiger partial charge in [0.05, 0.1) is 17.7 Å². The van der Waals surface area contributed by atoms with Crippen LogP contribution in [0.15, 0.2) is 46.9 Å². The molecule has 2 aromatic carbocycles. The summed E-state index contributed by atoms with van der Waals surface area (Å²) in [6, 6.07) is 12.8. The van der Waals surface area contributed by atoms with Crippen molar-refractivity contribution in [2.24, 2.45) is 5.92 Å². The van der Waals surface area contributed by atoms with Gasteiger partial charge in [-0.15, -0.1) is 0 Å². The number of carbonyl (C=O) groups is 1. The molecule has 0 aromatic heterocycles. The van der Waals surface area contributed by atoms with Crippen LogP contribution in [0.25, 0.3) is 0 Å². The second kappa shape index (κ2) is 11.7. The van der Waals surface area contributed by atoms with Crippen molar-refractivity contribution in [1.82, 2.24) is 0 Å². The molecule has 0 saturated heterocycles. The topological polar surface area (TPSA) is 47.6 Å². The molecule has 0 bridgehead atoms. The Morgan fingerprint density at radius 1 is 1.04 bits per heavy atom. The number of amides is 1. The number of hydrogen-bond acceptors (Lipinski definition) is 3. The van der Waals surface area contributed by atoms with Crippen LogP contribution in [0.5, 0.6) is 11.5 Å². The number of halogens is 1. The summed E-state index contributed by atoms with van der Waals surface area (Å²) in [5.74, 6) is 1.84. The van der Waals surface area contributed by atoms with Crippen molar-refractivity contribution in [2.75, 3.05) is 18.5 Å². The predicted molar refractivity (Wildman–Crippen MR) is 119 cm³/mol. The first kappa shape index (κ1) is 22.3. The van der Waals surface area contributed by atoms with E-state index >= 15 is 0 Å². The summed E-state index contributed by atoms with van der Waals surface area (Å²) in [5, 5.41) is 2.91. The van der Waals surface area contributed by atoms with Crippen LogP contribution in [0, 0.1) is 5.92 Å². The van der Waals surface area contributed by atoms with E-state index in [2.05, 4.69) is 42.0 Å². The van der Waals surface area contributed by atoms with Gasteiger partial charge in [0.25, 0.3) is 5.91 Å². The van der Waals surface area contributed by atoms with Crippen molar-refractivity contribution in [3.05, 3.63) is 52.5 Å². The normalized spacial score (nSPS) is 10.8. The SMILES string of the molecule is CCCCCCOc1ccc(NC(=O)c2ccc(OCC(C)C)c(Br)c2)cc1. The van der Waals surface area contributed by atoms with Crippen LogP contribution in [0.2, 0.25) is 0 Å². The highest BCUT2D eigenvalue weighted by Gasteiger charge is 2.10. The fraction of sp³-hybridized carbons (Fsp3) is 0.435. The molecule has 1 amide bonds. The zero-order chi connectivity index (χ0) is 20.4. The first-order valence-corrected chi connectivity index (χ1v) is 10.8. The van der Waals surface area contributed by atoms with Gasteiger partial charge in [-0.3, -0.25) is 4.79 Å². The Hall–Kier alpha value is -2.01. The van der Waals surface area contributed by atoms with Gasteiger partial charge < -0.3 is 14.8 Å². The van der Waals surface area contributed by atoms with Crippen molar-refractivity contribution < 1.29 is 14.3 Å². The Bertz CT molecular complexity index is 744. The number of nitrogens with one attached hydrogen (secondary N) is 1. The van der Waals surface area contributed by atoms with Crippen molar-refractivity contribution in [1.29, 1.82) is 0 Å². The van der Waals surface area contributed by atoms with E-state index in [-0.39, 0.29) is 5.91 Å². The van der Waals surface area contributed by atoms with E-state index in [9.17, 15) is 4.79 Å². The Balaban J connectivity index is 1.87. The third-order valence-electron chi connectivity index (χ3n) is 4.15. The van der Waals surface area contributed by atoms with E-state index in [1.54, 1.807) is 12.1 Å². The van der Waals surface area contributed by atoms with Gasteiger partial charge in [0, 0.05) is 11.3 Å². The molecule has 152 valence electrons. The highest BCUT2D eigenvalue weighted by Crippen LogP contribution is 2.27. The zero-order valence-corrected chi connectivity index (χ0v) is 18.6. The smallest absolute Gasteiger partial charge is 0.255 e. The molecular weight excluding hydrogens is 418 g/mol. The average molecular weight is 448 g/mol. The fourth-order valence-electron chi connectivity index (χ4n) is 2.57. The summed E-state index contributed by atoms with van der Waals surface area (Å²) in [6.45, 7) is 7.75. The third-order valence-corrected chi connectivity index (χ3v) is 4.76. The van der Waals surface area contributed by atoms with Gasteiger partial charge in [-0.1, -0.05) is 40.0 Å². The summed E-state index contributed by atoms with van der Waals surface area (Å²) in [7, 11) is 0. The van der Waals surface area contributed by atoms with E-state index in [0.717, 1.165) is 34.7 Å². The summed E-state index contributed by atoms with van der Waals surface area (Å²) in [6.07, 6.45) is 4.73. The number of hydrogen-bond donors (Lipinski definition) is 1. The Morgan fingerprint density at radius 2 is 1.79 bits per heavy atom. The Morgan fingerprint density at radius 3 is 2.43 bits per heavy atom. The number of rotatable bonds is 11. The molecule has 28 heavy (non-hydrogen) atoms. The maximum Gasteiger partial charge on any atom is 0.255 e. The summed E-state index contributed by atoms with van der Waals surface area (Å²) in [5.41, 5.74) is 1.31. The van der Waals surface area contributed by atoms with E-state index in [1.165, 1.54) is 19.3 Å². The number of anilines is 1. The maximum absolute atomic E-state index is 12.5. The molecule has 0 atom stereocenters. The van der Waals surface area contributed by atoms with Crippen LogP contribution in [-0.2, 0) is 0 Å². The largest absolute Gasteiger partial charge is 0.494 e. The lowest BCUT2D eigenvalue weighted by Gasteiger charge is -2.12. The quantitative estimate of drug-likeness (QED) is 0.390. The maximum atomic E-state index is 12.5. The van der Waals surface area contributed by atoms with Gasteiger partial charge in [0.1, 0.15) is 11.5 Å². The molecular formula is C23H30BrNO3. The molecule has 2 rings (SSSR count). The average Bonchev–Trinajstić information content (AvgIpc) is 2.68. The van der Waals surface area contributed by atoms with Gasteiger partial charge in [-0.2, -0.15) is 0 Å². The number of benzene rings is 2.